The molecule has 0 aliphatic carbocycles. The molecule has 1 heterocycles. The van der Waals surface area contributed by atoms with Crippen LogP contribution in [0.2, 0.25) is 0 Å². The maximum Gasteiger partial charge on any atom is 0.242 e. The van der Waals surface area contributed by atoms with Crippen molar-refractivity contribution in [1.29, 1.82) is 0 Å². The first-order valence-electron chi connectivity index (χ1n) is 6.43. The molecule has 0 saturated carbocycles. The zero-order chi connectivity index (χ0) is 14.8. The molecule has 0 fully saturated rings. The third kappa shape index (κ3) is 3.33. The maximum absolute atomic E-state index is 12.3. The lowest BCUT2D eigenvalue weighted by Gasteiger charge is -2.10. The number of aliphatic hydroxyl groups is 1. The Bertz CT molecular complexity index is 711. The van der Waals surface area contributed by atoms with Gasteiger partial charge in [-0.3, -0.25) is 4.98 Å². The van der Waals surface area contributed by atoms with E-state index in [9.17, 15) is 13.5 Å². The molecule has 0 radical (unpaired) electrons. The summed E-state index contributed by atoms with van der Waals surface area (Å²) in [6.07, 6.45) is 1.49. The quantitative estimate of drug-likeness (QED) is 0.877. The minimum atomic E-state index is -3.62. The normalized spacial score (nSPS) is 13.6. The van der Waals surface area contributed by atoms with Gasteiger partial charge < -0.3 is 5.11 Å². The second-order valence-corrected chi connectivity index (χ2v) is 6.61. The van der Waals surface area contributed by atoms with Crippen molar-refractivity contribution < 1.29 is 13.5 Å². The minimum Gasteiger partial charge on any atom is -0.393 e. The van der Waals surface area contributed by atoms with Crippen LogP contribution in [0.5, 0.6) is 0 Å². The van der Waals surface area contributed by atoms with E-state index in [4.69, 9.17) is 0 Å². The summed E-state index contributed by atoms with van der Waals surface area (Å²) in [7, 11) is -3.62. The molecule has 108 valence electrons. The van der Waals surface area contributed by atoms with E-state index in [2.05, 4.69) is 9.71 Å². The summed E-state index contributed by atoms with van der Waals surface area (Å²) in [6.45, 7) is 3.73. The van der Waals surface area contributed by atoms with Gasteiger partial charge >= 0.3 is 0 Å². The number of rotatable bonds is 5. The molecule has 2 N–H and O–H groups in total. The average Bonchev–Trinajstić information content (AvgIpc) is 2.36. The Hall–Kier alpha value is -1.50. The second kappa shape index (κ2) is 5.87. The van der Waals surface area contributed by atoms with Crippen molar-refractivity contribution >= 4 is 20.9 Å². The lowest BCUT2D eigenvalue weighted by atomic mass is 10.2. The van der Waals surface area contributed by atoms with Crippen molar-refractivity contribution in [2.75, 3.05) is 6.54 Å². The predicted octanol–water partition coefficient (Wildman–Crippen LogP) is 1.59. The number of nitrogens with one attached hydrogen (secondary N) is 1. The first kappa shape index (κ1) is 14.9. The van der Waals surface area contributed by atoms with E-state index >= 15 is 0 Å². The molecular weight excluding hydrogens is 276 g/mol. The number of aryl methyl sites for hydroxylation is 1. The molecule has 0 spiro atoms. The fourth-order valence-electron chi connectivity index (χ4n) is 1.94. The van der Waals surface area contributed by atoms with Crippen LogP contribution >= 0.6 is 0 Å². The Morgan fingerprint density at radius 3 is 2.85 bits per heavy atom. The van der Waals surface area contributed by atoms with Gasteiger partial charge in [-0.15, -0.1) is 0 Å². The molecular formula is C14H18N2O3S. The molecule has 2 rings (SSSR count). The minimum absolute atomic E-state index is 0.167. The monoisotopic (exact) mass is 294 g/mol. The van der Waals surface area contributed by atoms with Gasteiger partial charge in [-0.2, -0.15) is 0 Å². The van der Waals surface area contributed by atoms with Gasteiger partial charge in [-0.1, -0.05) is 12.1 Å². The summed E-state index contributed by atoms with van der Waals surface area (Å²) >= 11 is 0. The number of aromatic nitrogens is 1. The van der Waals surface area contributed by atoms with E-state index in [1.54, 1.807) is 19.2 Å². The van der Waals surface area contributed by atoms with E-state index in [1.165, 1.54) is 6.07 Å². The fraction of sp³-hybridized carbons (Fsp3) is 0.357. The molecule has 1 atom stereocenters. The average molecular weight is 294 g/mol. The molecule has 0 aliphatic heterocycles. The van der Waals surface area contributed by atoms with Gasteiger partial charge in [0.1, 0.15) is 4.90 Å². The Morgan fingerprint density at radius 1 is 1.40 bits per heavy atom. The molecule has 5 nitrogen and oxygen atoms in total. The highest BCUT2D eigenvalue weighted by atomic mass is 32.2. The fourth-order valence-corrected chi connectivity index (χ4v) is 3.16. The summed E-state index contributed by atoms with van der Waals surface area (Å²) in [5, 5.41) is 9.97. The molecule has 0 saturated heterocycles. The molecule has 1 aromatic carbocycles. The second-order valence-electron chi connectivity index (χ2n) is 4.88. The van der Waals surface area contributed by atoms with Gasteiger partial charge in [0, 0.05) is 18.1 Å². The van der Waals surface area contributed by atoms with Crippen LogP contribution in [0.1, 0.15) is 18.9 Å². The highest BCUT2D eigenvalue weighted by Gasteiger charge is 2.17. The number of benzene rings is 1. The molecule has 1 aromatic heterocycles. The van der Waals surface area contributed by atoms with E-state index in [0.29, 0.717) is 11.9 Å². The smallest absolute Gasteiger partial charge is 0.242 e. The molecule has 6 heteroatoms. The third-order valence-corrected chi connectivity index (χ3v) is 4.45. The Morgan fingerprint density at radius 2 is 2.15 bits per heavy atom. The highest BCUT2D eigenvalue weighted by molar-refractivity contribution is 7.89. The maximum atomic E-state index is 12.3. The Balaban J connectivity index is 2.36. The van der Waals surface area contributed by atoms with Crippen molar-refractivity contribution in [3.05, 3.63) is 36.0 Å². The topological polar surface area (TPSA) is 79.3 Å². The number of nitrogens with zero attached hydrogens (tertiary/aromatic N) is 1. The van der Waals surface area contributed by atoms with Crippen LogP contribution < -0.4 is 4.72 Å². The summed E-state index contributed by atoms with van der Waals surface area (Å²) in [5.74, 6) is 0. The van der Waals surface area contributed by atoms with E-state index in [0.717, 1.165) is 10.9 Å². The van der Waals surface area contributed by atoms with Crippen LogP contribution in [0.3, 0.4) is 0 Å². The van der Waals surface area contributed by atoms with E-state index in [1.807, 2.05) is 19.1 Å². The van der Waals surface area contributed by atoms with Crippen molar-refractivity contribution in [1.82, 2.24) is 9.71 Å². The van der Waals surface area contributed by atoms with Gasteiger partial charge in [-0.05, 0) is 38.0 Å². The Labute approximate surface area is 118 Å². The summed E-state index contributed by atoms with van der Waals surface area (Å²) in [5.41, 5.74) is 1.44. The van der Waals surface area contributed by atoms with Crippen molar-refractivity contribution in [3.8, 4) is 0 Å². The van der Waals surface area contributed by atoms with Crippen molar-refractivity contribution in [2.45, 2.75) is 31.3 Å². The standard InChI is InChI=1S/C14H18N2O3S/c1-10-8-12-4-3-5-13(14(12)15-9-10)20(18,19)16-7-6-11(2)17/h3-5,8-9,11,16-17H,6-7H2,1-2H3. The SMILES string of the molecule is Cc1cnc2c(S(=O)(=O)NCCC(C)O)cccc2c1. The van der Waals surface area contributed by atoms with Crippen LogP contribution in [0, 0.1) is 6.92 Å². The van der Waals surface area contributed by atoms with Crippen LogP contribution in [0.15, 0.2) is 35.4 Å². The number of hydrogen-bond donors (Lipinski definition) is 2. The van der Waals surface area contributed by atoms with Crippen molar-refractivity contribution in [3.63, 3.8) is 0 Å². The van der Waals surface area contributed by atoms with E-state index in [-0.39, 0.29) is 11.4 Å². The molecule has 0 bridgehead atoms. The first-order valence-corrected chi connectivity index (χ1v) is 7.91. The number of aliphatic hydroxyl groups excluding tert-OH is 1. The number of hydrogen-bond acceptors (Lipinski definition) is 4. The molecule has 2 aromatic rings. The summed E-state index contributed by atoms with van der Waals surface area (Å²) in [4.78, 5) is 4.39. The van der Waals surface area contributed by atoms with Gasteiger partial charge in [0.15, 0.2) is 0 Å². The van der Waals surface area contributed by atoms with Crippen LogP contribution in [-0.2, 0) is 10.0 Å². The van der Waals surface area contributed by atoms with Crippen LogP contribution in [0.4, 0.5) is 0 Å². The van der Waals surface area contributed by atoms with E-state index < -0.39 is 16.1 Å². The van der Waals surface area contributed by atoms with Gasteiger partial charge in [0.05, 0.1) is 11.6 Å². The summed E-state index contributed by atoms with van der Waals surface area (Å²) in [6, 6.07) is 6.98. The van der Waals surface area contributed by atoms with Crippen molar-refractivity contribution in [2.24, 2.45) is 0 Å². The van der Waals surface area contributed by atoms with Crippen LogP contribution in [0.25, 0.3) is 10.9 Å². The molecule has 0 aliphatic rings. The lowest BCUT2D eigenvalue weighted by molar-refractivity contribution is 0.186. The van der Waals surface area contributed by atoms with Gasteiger partial charge in [0.25, 0.3) is 0 Å². The number of pyridine rings is 1. The number of sulfonamides is 1. The zero-order valence-corrected chi connectivity index (χ0v) is 12.3. The first-order chi connectivity index (χ1) is 9.40. The largest absolute Gasteiger partial charge is 0.393 e. The number of para-hydroxylation sites is 1. The molecule has 1 unspecified atom stereocenters. The third-order valence-electron chi connectivity index (χ3n) is 2.95. The van der Waals surface area contributed by atoms with Gasteiger partial charge in [-0.25, -0.2) is 13.1 Å². The van der Waals surface area contributed by atoms with Crippen LogP contribution in [-0.4, -0.2) is 31.2 Å². The lowest BCUT2D eigenvalue weighted by Crippen LogP contribution is -2.27. The predicted molar refractivity (Wildman–Crippen MR) is 78.0 cm³/mol. The molecule has 20 heavy (non-hydrogen) atoms. The summed E-state index contributed by atoms with van der Waals surface area (Å²) < 4.78 is 27.0. The zero-order valence-electron chi connectivity index (χ0n) is 11.5. The highest BCUT2D eigenvalue weighted by Crippen LogP contribution is 2.21. The number of fused-ring (bicyclic) bond motifs is 1. The molecule has 0 amide bonds. The van der Waals surface area contributed by atoms with Gasteiger partial charge in [0.2, 0.25) is 10.0 Å². The Kier molecular flexibility index (Phi) is 4.37.